The Labute approximate surface area is 229 Å². The van der Waals surface area contributed by atoms with E-state index < -0.39 is 32.4 Å². The number of β-amino-alcohol motifs (C(OH)–C–C–N with tert-alkyl or cyclic N) is 1. The molecule has 0 saturated carbocycles. The van der Waals surface area contributed by atoms with Crippen LogP contribution in [0.25, 0.3) is 0 Å². The molecule has 0 radical (unpaired) electrons. The van der Waals surface area contributed by atoms with E-state index in [1.165, 1.54) is 32.6 Å². The lowest BCUT2D eigenvalue weighted by Gasteiger charge is -2.25. The molecule has 10 nitrogen and oxygen atoms in total. The number of carboxylic acids is 1. The normalized spacial score (nSPS) is 22.2. The van der Waals surface area contributed by atoms with Crippen LogP contribution in [0.15, 0.2) is 0 Å². The monoisotopic (exact) mass is 564 g/mol. The molecule has 4 unspecified atom stereocenters. The number of hydrogen-bond acceptors (Lipinski definition) is 7. The molecule has 0 bridgehead atoms. The van der Waals surface area contributed by atoms with Crippen molar-refractivity contribution in [2.24, 2.45) is 17.8 Å². The molecule has 1 fully saturated rings. The SMILES string of the molecule is CC(=O)NC[C@@H]1C[C@H](O)CN1CCP(=O)(O)OCC(OCCC(C)CCCC(C)CCCC(C)C)C(=O)O. The highest BCUT2D eigenvalue weighted by atomic mass is 31.2. The minimum absolute atomic E-state index is 0.140. The van der Waals surface area contributed by atoms with Gasteiger partial charge in [0.15, 0.2) is 6.10 Å². The molecule has 4 N–H and O–H groups in total. The van der Waals surface area contributed by atoms with E-state index >= 15 is 0 Å². The number of nitrogens with one attached hydrogen (secondary N) is 1. The zero-order chi connectivity index (χ0) is 28.7. The number of carbonyl (C=O) groups is 2. The summed E-state index contributed by atoms with van der Waals surface area (Å²) in [4.78, 5) is 34.9. The summed E-state index contributed by atoms with van der Waals surface area (Å²) in [5, 5.41) is 22.1. The number of aliphatic carboxylic acids is 1. The summed E-state index contributed by atoms with van der Waals surface area (Å²) >= 11 is 0. The van der Waals surface area contributed by atoms with Gasteiger partial charge in [0.2, 0.25) is 5.91 Å². The van der Waals surface area contributed by atoms with E-state index in [2.05, 4.69) is 33.0 Å². The first-order chi connectivity index (χ1) is 17.8. The summed E-state index contributed by atoms with van der Waals surface area (Å²) < 4.78 is 23.1. The second-order valence-electron chi connectivity index (χ2n) is 11.6. The minimum Gasteiger partial charge on any atom is -0.479 e. The third-order valence-corrected chi connectivity index (χ3v) is 8.58. The maximum Gasteiger partial charge on any atom is 0.335 e. The van der Waals surface area contributed by atoms with Crippen molar-refractivity contribution in [3.05, 3.63) is 0 Å². The van der Waals surface area contributed by atoms with Gasteiger partial charge in [-0.2, -0.15) is 0 Å². The Morgan fingerprint density at radius 2 is 1.66 bits per heavy atom. The predicted molar refractivity (Wildman–Crippen MR) is 148 cm³/mol. The van der Waals surface area contributed by atoms with Gasteiger partial charge in [-0.15, -0.1) is 0 Å². The van der Waals surface area contributed by atoms with Gasteiger partial charge in [-0.25, -0.2) is 4.79 Å². The van der Waals surface area contributed by atoms with Crippen molar-refractivity contribution in [1.29, 1.82) is 0 Å². The van der Waals surface area contributed by atoms with Crippen molar-refractivity contribution in [2.45, 2.75) is 104 Å². The van der Waals surface area contributed by atoms with Crippen LogP contribution in [0.1, 0.15) is 86.0 Å². The third kappa shape index (κ3) is 16.2. The van der Waals surface area contributed by atoms with Crippen LogP contribution in [0.2, 0.25) is 0 Å². The first kappa shape index (κ1) is 35.0. The van der Waals surface area contributed by atoms with Crippen molar-refractivity contribution in [2.75, 3.05) is 39.0 Å². The number of hydrogen-bond donors (Lipinski definition) is 4. The maximum atomic E-state index is 12.5. The smallest absolute Gasteiger partial charge is 0.335 e. The molecule has 1 rings (SSSR count). The van der Waals surface area contributed by atoms with Crippen molar-refractivity contribution in [1.82, 2.24) is 10.2 Å². The molecule has 1 saturated heterocycles. The van der Waals surface area contributed by atoms with Gasteiger partial charge in [0.05, 0.1) is 18.9 Å². The first-order valence-corrected chi connectivity index (χ1v) is 16.0. The van der Waals surface area contributed by atoms with Crippen LogP contribution >= 0.6 is 7.60 Å². The van der Waals surface area contributed by atoms with E-state index in [9.17, 15) is 29.3 Å². The molecule has 0 aromatic heterocycles. The van der Waals surface area contributed by atoms with E-state index in [4.69, 9.17) is 9.26 Å². The number of aliphatic hydroxyl groups is 1. The van der Waals surface area contributed by atoms with Gasteiger partial charge in [0.1, 0.15) is 0 Å². The molecule has 224 valence electrons. The molecule has 11 heteroatoms. The summed E-state index contributed by atoms with van der Waals surface area (Å²) in [7, 11) is -4.07. The first-order valence-electron chi connectivity index (χ1n) is 14.3. The Bertz CT molecular complexity index is 738. The highest BCUT2D eigenvalue weighted by molar-refractivity contribution is 7.52. The zero-order valence-corrected chi connectivity index (χ0v) is 25.0. The molecule has 1 heterocycles. The number of carbonyl (C=O) groups excluding carboxylic acids is 1. The second kappa shape index (κ2) is 18.3. The Morgan fingerprint density at radius 3 is 2.24 bits per heavy atom. The summed E-state index contributed by atoms with van der Waals surface area (Å²) in [6, 6.07) is -0.140. The molecule has 0 aliphatic carbocycles. The van der Waals surface area contributed by atoms with E-state index in [0.29, 0.717) is 25.4 Å². The van der Waals surface area contributed by atoms with Crippen molar-refractivity contribution in [3.8, 4) is 0 Å². The average Bonchev–Trinajstić information content (AvgIpc) is 3.17. The van der Waals surface area contributed by atoms with Crippen LogP contribution in [0.3, 0.4) is 0 Å². The van der Waals surface area contributed by atoms with Crippen molar-refractivity contribution in [3.63, 3.8) is 0 Å². The lowest BCUT2D eigenvalue weighted by molar-refractivity contribution is -0.152. The van der Waals surface area contributed by atoms with Crippen LogP contribution in [-0.4, -0.2) is 89.1 Å². The molecule has 6 atom stereocenters. The van der Waals surface area contributed by atoms with E-state index in [1.54, 1.807) is 0 Å². The van der Waals surface area contributed by atoms with Crippen LogP contribution in [0.4, 0.5) is 0 Å². The lowest BCUT2D eigenvalue weighted by Crippen LogP contribution is -2.40. The van der Waals surface area contributed by atoms with Gasteiger partial charge in [0.25, 0.3) is 0 Å². The standard InChI is InChI=1S/C27H53N2O8P/c1-20(2)8-6-9-21(3)10-7-11-22(4)12-14-36-26(27(32)33)19-37-38(34,35)15-13-29-18-25(31)16-24(29)17-28-23(5)30/h20-22,24-26,31H,6-19H2,1-5H3,(H,28,30)(H,32,33)(H,34,35)/t21?,22?,24-,25-,26?/m0/s1. The van der Waals surface area contributed by atoms with Crippen LogP contribution < -0.4 is 5.32 Å². The van der Waals surface area contributed by atoms with Crippen molar-refractivity contribution < 1.29 is 38.5 Å². The van der Waals surface area contributed by atoms with Crippen molar-refractivity contribution >= 4 is 19.5 Å². The average molecular weight is 565 g/mol. The van der Waals surface area contributed by atoms with Crippen LogP contribution in [-0.2, 0) is 23.4 Å². The lowest BCUT2D eigenvalue weighted by atomic mass is 9.93. The van der Waals surface area contributed by atoms with Gasteiger partial charge in [-0.05, 0) is 30.6 Å². The molecule has 0 aromatic carbocycles. The molecule has 1 aliphatic heterocycles. The minimum atomic E-state index is -4.07. The van der Waals surface area contributed by atoms with Crippen LogP contribution in [0, 0.1) is 17.8 Å². The van der Waals surface area contributed by atoms with Gasteiger partial charge < -0.3 is 29.7 Å². The number of rotatable bonds is 21. The molecule has 1 amide bonds. The predicted octanol–water partition coefficient (Wildman–Crippen LogP) is 3.89. The number of carboxylic acid groups (broad SMARTS) is 1. The zero-order valence-electron chi connectivity index (χ0n) is 24.1. The highest BCUT2D eigenvalue weighted by Crippen LogP contribution is 2.42. The second-order valence-corrected chi connectivity index (χ2v) is 13.6. The molecule has 1 aliphatic rings. The van der Waals surface area contributed by atoms with E-state index in [0.717, 1.165) is 31.1 Å². The summed E-state index contributed by atoms with van der Waals surface area (Å²) in [5.41, 5.74) is 0. The van der Waals surface area contributed by atoms with Gasteiger partial charge in [0, 0.05) is 39.2 Å². The number of likely N-dealkylation sites (tertiary alicyclic amines) is 1. The molecule has 38 heavy (non-hydrogen) atoms. The van der Waals surface area contributed by atoms with E-state index in [-0.39, 0.29) is 31.3 Å². The third-order valence-electron chi connectivity index (χ3n) is 7.27. The summed E-state index contributed by atoms with van der Waals surface area (Å²) in [6.45, 7) is 11.0. The van der Waals surface area contributed by atoms with E-state index in [1.807, 2.05) is 4.90 Å². The Hall–Kier alpha value is -1.03. The largest absolute Gasteiger partial charge is 0.479 e. The summed E-state index contributed by atoms with van der Waals surface area (Å²) in [6.07, 6.45) is 6.31. The Balaban J connectivity index is 2.32. The number of nitrogens with zero attached hydrogens (tertiary/aromatic N) is 1. The quantitative estimate of drug-likeness (QED) is 0.153. The number of amides is 1. The van der Waals surface area contributed by atoms with Gasteiger partial charge in [-0.3, -0.25) is 14.3 Å². The fraction of sp³-hybridized carbons (Fsp3) is 0.926. The fourth-order valence-corrected chi connectivity index (χ4v) is 5.80. The topological polar surface area (TPSA) is 146 Å². The summed E-state index contributed by atoms with van der Waals surface area (Å²) in [5.74, 6) is 0.466. The molecular weight excluding hydrogens is 511 g/mol. The molecule has 0 spiro atoms. The molecular formula is C27H53N2O8P. The highest BCUT2D eigenvalue weighted by Gasteiger charge is 2.33. The number of ether oxygens (including phenoxy) is 1. The van der Waals surface area contributed by atoms with Gasteiger partial charge in [-0.1, -0.05) is 66.2 Å². The maximum absolute atomic E-state index is 12.5. The van der Waals surface area contributed by atoms with Crippen LogP contribution in [0.5, 0.6) is 0 Å². The van der Waals surface area contributed by atoms with Gasteiger partial charge >= 0.3 is 13.6 Å². The Kier molecular flexibility index (Phi) is 16.9. The fourth-order valence-electron chi connectivity index (χ4n) is 4.79. The molecule has 0 aromatic rings. The Morgan fingerprint density at radius 1 is 1.05 bits per heavy atom. The number of aliphatic hydroxyl groups excluding tert-OH is 1.